The van der Waals surface area contributed by atoms with E-state index in [0.717, 1.165) is 21.8 Å². The number of nitrogens with one attached hydrogen (secondary N) is 1. The number of thiazole rings is 1. The predicted molar refractivity (Wildman–Crippen MR) is 115 cm³/mol. The fourth-order valence-electron chi connectivity index (χ4n) is 2.98. The predicted octanol–water partition coefficient (Wildman–Crippen LogP) is 4.31. The molecule has 152 valence electrons. The van der Waals surface area contributed by atoms with Crippen LogP contribution in [0, 0.1) is 5.92 Å². The lowest BCUT2D eigenvalue weighted by atomic mass is 10.0. The molecule has 0 radical (unpaired) electrons. The van der Waals surface area contributed by atoms with Gasteiger partial charge in [-0.15, -0.1) is 11.3 Å². The summed E-state index contributed by atoms with van der Waals surface area (Å²) in [5.41, 5.74) is 2.54. The third-order valence-corrected chi connectivity index (χ3v) is 5.47. The maximum Gasteiger partial charge on any atom is 0.249 e. The van der Waals surface area contributed by atoms with E-state index in [2.05, 4.69) is 25.4 Å². The van der Waals surface area contributed by atoms with Gasteiger partial charge in [-0.1, -0.05) is 49.3 Å². The summed E-state index contributed by atoms with van der Waals surface area (Å²) in [6.07, 6.45) is 3.55. The molecule has 7 nitrogen and oxygen atoms in total. The number of carbonyl (C=O) groups excluding carboxylic acids is 1. The highest BCUT2D eigenvalue weighted by Gasteiger charge is 2.25. The number of carbonyl (C=O) groups is 1. The molecule has 0 aliphatic carbocycles. The highest BCUT2D eigenvalue weighted by atomic mass is 32.1. The summed E-state index contributed by atoms with van der Waals surface area (Å²) in [6.45, 7) is 3.99. The Morgan fingerprint density at radius 2 is 1.90 bits per heavy atom. The first kappa shape index (κ1) is 19.9. The lowest BCUT2D eigenvalue weighted by molar-refractivity contribution is -0.121. The standard InChI is InChI=1S/C22H21N5O2S/c1-14(2)19(21-26-20(27-29-21)16-9-6-10-23-12-16)25-18(28)11-17-13-30-22(24-17)15-7-4-3-5-8-15/h3-10,12-14,19H,11H2,1-2H3,(H,25,28). The van der Waals surface area contributed by atoms with Crippen LogP contribution in [-0.4, -0.2) is 26.0 Å². The van der Waals surface area contributed by atoms with Crippen molar-refractivity contribution in [3.05, 3.63) is 71.8 Å². The second-order valence-corrected chi connectivity index (χ2v) is 8.03. The van der Waals surface area contributed by atoms with E-state index in [9.17, 15) is 4.79 Å². The molecule has 1 amide bonds. The van der Waals surface area contributed by atoms with E-state index < -0.39 is 0 Å². The van der Waals surface area contributed by atoms with Crippen LogP contribution in [0.15, 0.2) is 64.8 Å². The van der Waals surface area contributed by atoms with Crippen molar-refractivity contribution in [2.45, 2.75) is 26.3 Å². The van der Waals surface area contributed by atoms with Gasteiger partial charge in [0.2, 0.25) is 17.6 Å². The molecule has 0 aliphatic heterocycles. The average molecular weight is 420 g/mol. The molecule has 0 saturated carbocycles. The lowest BCUT2D eigenvalue weighted by Gasteiger charge is -2.18. The Kier molecular flexibility index (Phi) is 5.94. The number of hydrogen-bond acceptors (Lipinski definition) is 7. The summed E-state index contributed by atoms with van der Waals surface area (Å²) >= 11 is 1.53. The van der Waals surface area contributed by atoms with E-state index in [-0.39, 0.29) is 24.3 Å². The Balaban J connectivity index is 1.44. The SMILES string of the molecule is CC(C)C(NC(=O)Cc1csc(-c2ccccc2)n1)c1nc(-c2cccnc2)no1. The van der Waals surface area contributed by atoms with E-state index in [0.29, 0.717) is 11.7 Å². The van der Waals surface area contributed by atoms with E-state index in [1.165, 1.54) is 11.3 Å². The van der Waals surface area contributed by atoms with E-state index in [1.807, 2.05) is 61.7 Å². The molecule has 3 aromatic heterocycles. The topological polar surface area (TPSA) is 93.8 Å². The van der Waals surface area contributed by atoms with Crippen LogP contribution in [0.4, 0.5) is 0 Å². The third-order valence-electron chi connectivity index (χ3n) is 4.52. The molecule has 8 heteroatoms. The van der Waals surface area contributed by atoms with Crippen molar-refractivity contribution in [2.24, 2.45) is 5.92 Å². The minimum absolute atomic E-state index is 0.0754. The molecule has 0 fully saturated rings. The molecule has 1 unspecified atom stereocenters. The zero-order valence-corrected chi connectivity index (χ0v) is 17.5. The molecule has 0 spiro atoms. The smallest absolute Gasteiger partial charge is 0.249 e. The maximum atomic E-state index is 12.7. The monoisotopic (exact) mass is 419 g/mol. The Hall–Kier alpha value is -3.39. The van der Waals surface area contributed by atoms with Gasteiger partial charge in [-0.05, 0) is 18.1 Å². The fraction of sp³-hybridized carbons (Fsp3) is 0.227. The molecular formula is C22H21N5O2S. The molecule has 1 N–H and O–H groups in total. The average Bonchev–Trinajstić information content (AvgIpc) is 3.43. The van der Waals surface area contributed by atoms with Crippen LogP contribution in [-0.2, 0) is 11.2 Å². The zero-order valence-electron chi connectivity index (χ0n) is 16.6. The van der Waals surface area contributed by atoms with Crippen LogP contribution in [0.5, 0.6) is 0 Å². The lowest BCUT2D eigenvalue weighted by Crippen LogP contribution is -2.33. The van der Waals surface area contributed by atoms with Crippen molar-refractivity contribution >= 4 is 17.2 Å². The molecular weight excluding hydrogens is 398 g/mol. The first-order chi connectivity index (χ1) is 14.6. The van der Waals surface area contributed by atoms with Gasteiger partial charge in [-0.3, -0.25) is 9.78 Å². The van der Waals surface area contributed by atoms with Gasteiger partial charge in [0.25, 0.3) is 0 Å². The minimum atomic E-state index is -0.386. The molecule has 1 aromatic carbocycles. The second kappa shape index (κ2) is 8.96. The Morgan fingerprint density at radius 1 is 1.10 bits per heavy atom. The van der Waals surface area contributed by atoms with E-state index >= 15 is 0 Å². The Labute approximate surface area is 178 Å². The number of rotatable bonds is 7. The van der Waals surface area contributed by atoms with Gasteiger partial charge in [0.1, 0.15) is 11.0 Å². The fourth-order valence-corrected chi connectivity index (χ4v) is 3.80. The van der Waals surface area contributed by atoms with Crippen molar-refractivity contribution in [2.75, 3.05) is 0 Å². The maximum absolute atomic E-state index is 12.7. The summed E-state index contributed by atoms with van der Waals surface area (Å²) in [5.74, 6) is 0.761. The number of amides is 1. The number of nitrogens with zero attached hydrogens (tertiary/aromatic N) is 4. The van der Waals surface area contributed by atoms with Gasteiger partial charge < -0.3 is 9.84 Å². The van der Waals surface area contributed by atoms with Gasteiger partial charge in [-0.25, -0.2) is 4.98 Å². The summed E-state index contributed by atoms with van der Waals surface area (Å²) in [7, 11) is 0. The summed E-state index contributed by atoms with van der Waals surface area (Å²) < 4.78 is 5.44. The van der Waals surface area contributed by atoms with Crippen LogP contribution in [0.3, 0.4) is 0 Å². The van der Waals surface area contributed by atoms with Crippen molar-refractivity contribution in [1.82, 2.24) is 25.4 Å². The summed E-state index contributed by atoms with van der Waals surface area (Å²) in [5, 5.41) is 9.85. The molecule has 0 bridgehead atoms. The molecule has 0 aliphatic rings. The Bertz CT molecular complexity index is 1110. The van der Waals surface area contributed by atoms with Gasteiger partial charge in [0.05, 0.1) is 12.1 Å². The molecule has 1 atom stereocenters. The van der Waals surface area contributed by atoms with Crippen LogP contribution in [0.25, 0.3) is 22.0 Å². The summed E-state index contributed by atoms with van der Waals surface area (Å²) in [6, 6.07) is 13.2. The first-order valence-electron chi connectivity index (χ1n) is 9.63. The first-order valence-corrected chi connectivity index (χ1v) is 10.5. The molecule has 3 heterocycles. The van der Waals surface area contributed by atoms with E-state index in [4.69, 9.17) is 4.52 Å². The van der Waals surface area contributed by atoms with Gasteiger partial charge >= 0.3 is 0 Å². The second-order valence-electron chi connectivity index (χ2n) is 7.17. The number of pyridine rings is 1. The van der Waals surface area contributed by atoms with Gasteiger partial charge in [-0.2, -0.15) is 4.98 Å². The Morgan fingerprint density at radius 3 is 2.63 bits per heavy atom. The molecule has 30 heavy (non-hydrogen) atoms. The normalized spacial score (nSPS) is 12.1. The molecule has 0 saturated heterocycles. The highest BCUT2D eigenvalue weighted by Crippen LogP contribution is 2.25. The zero-order chi connectivity index (χ0) is 20.9. The molecule has 4 aromatic rings. The van der Waals surface area contributed by atoms with Gasteiger partial charge in [0, 0.05) is 28.9 Å². The number of aromatic nitrogens is 4. The van der Waals surface area contributed by atoms with Crippen LogP contribution in [0.1, 0.15) is 31.5 Å². The van der Waals surface area contributed by atoms with Crippen LogP contribution in [0.2, 0.25) is 0 Å². The van der Waals surface area contributed by atoms with Crippen LogP contribution < -0.4 is 5.32 Å². The number of hydrogen-bond donors (Lipinski definition) is 1. The van der Waals surface area contributed by atoms with Crippen LogP contribution >= 0.6 is 11.3 Å². The quantitative estimate of drug-likeness (QED) is 0.480. The van der Waals surface area contributed by atoms with Gasteiger partial charge in [0.15, 0.2) is 0 Å². The van der Waals surface area contributed by atoms with E-state index in [1.54, 1.807) is 12.4 Å². The number of benzene rings is 1. The van der Waals surface area contributed by atoms with Crippen molar-refractivity contribution < 1.29 is 9.32 Å². The largest absolute Gasteiger partial charge is 0.344 e. The van der Waals surface area contributed by atoms with Crippen molar-refractivity contribution in [3.8, 4) is 22.0 Å². The third kappa shape index (κ3) is 4.60. The minimum Gasteiger partial charge on any atom is -0.344 e. The summed E-state index contributed by atoms with van der Waals surface area (Å²) in [4.78, 5) is 25.8. The molecule has 4 rings (SSSR count). The van der Waals surface area contributed by atoms with Crippen molar-refractivity contribution in [3.63, 3.8) is 0 Å². The van der Waals surface area contributed by atoms with Crippen molar-refractivity contribution in [1.29, 1.82) is 0 Å². The highest BCUT2D eigenvalue weighted by molar-refractivity contribution is 7.13.